The van der Waals surface area contributed by atoms with Crippen LogP contribution in [0.15, 0.2) is 40.9 Å². The van der Waals surface area contributed by atoms with Crippen molar-refractivity contribution in [2.24, 2.45) is 0 Å². The SMILES string of the molecule is N#Cc1cc(CNc2cc(Br)ccc2Cl)ccc1F. The summed E-state index contributed by atoms with van der Waals surface area (Å²) in [7, 11) is 0. The third kappa shape index (κ3) is 3.46. The maximum absolute atomic E-state index is 13.2. The molecule has 5 heteroatoms. The van der Waals surface area contributed by atoms with Gasteiger partial charge in [-0.15, -0.1) is 0 Å². The van der Waals surface area contributed by atoms with Gasteiger partial charge in [-0.2, -0.15) is 5.26 Å². The Hall–Kier alpha value is -1.57. The van der Waals surface area contributed by atoms with Gasteiger partial charge in [0.25, 0.3) is 0 Å². The first-order valence-electron chi connectivity index (χ1n) is 5.47. The Labute approximate surface area is 123 Å². The van der Waals surface area contributed by atoms with Gasteiger partial charge in [-0.3, -0.25) is 0 Å². The molecule has 0 amide bonds. The van der Waals surface area contributed by atoms with E-state index in [1.165, 1.54) is 12.1 Å². The van der Waals surface area contributed by atoms with Gasteiger partial charge < -0.3 is 5.32 Å². The van der Waals surface area contributed by atoms with Crippen molar-refractivity contribution in [3.8, 4) is 6.07 Å². The number of halogens is 3. The van der Waals surface area contributed by atoms with E-state index >= 15 is 0 Å². The molecule has 0 fully saturated rings. The normalized spacial score (nSPS) is 10.0. The van der Waals surface area contributed by atoms with E-state index in [2.05, 4.69) is 21.2 Å². The summed E-state index contributed by atoms with van der Waals surface area (Å²) >= 11 is 9.41. The standard InChI is InChI=1S/C14H9BrClFN2/c15-11-2-3-12(16)14(6-11)19-8-9-1-4-13(17)10(5-9)7-18/h1-6,19H,8H2. The van der Waals surface area contributed by atoms with Gasteiger partial charge in [0.1, 0.15) is 11.9 Å². The van der Waals surface area contributed by atoms with E-state index in [-0.39, 0.29) is 5.56 Å². The molecular weight excluding hydrogens is 331 g/mol. The van der Waals surface area contributed by atoms with Gasteiger partial charge in [0.05, 0.1) is 16.3 Å². The predicted octanol–water partition coefficient (Wildman–Crippen LogP) is 4.73. The van der Waals surface area contributed by atoms with Gasteiger partial charge in [0.15, 0.2) is 0 Å². The largest absolute Gasteiger partial charge is 0.380 e. The van der Waals surface area contributed by atoms with Crippen molar-refractivity contribution in [1.82, 2.24) is 0 Å². The number of hydrogen-bond donors (Lipinski definition) is 1. The zero-order valence-corrected chi connectivity index (χ0v) is 12.1. The highest BCUT2D eigenvalue weighted by atomic mass is 79.9. The predicted molar refractivity (Wildman–Crippen MR) is 77.6 cm³/mol. The molecule has 0 radical (unpaired) electrons. The molecule has 0 saturated carbocycles. The number of anilines is 1. The molecule has 2 nitrogen and oxygen atoms in total. The summed E-state index contributed by atoms with van der Waals surface area (Å²) in [4.78, 5) is 0. The molecule has 0 saturated heterocycles. The van der Waals surface area contributed by atoms with Crippen LogP contribution in [0, 0.1) is 17.1 Å². The summed E-state index contributed by atoms with van der Waals surface area (Å²) in [6.07, 6.45) is 0. The molecular formula is C14H9BrClFN2. The van der Waals surface area contributed by atoms with Crippen LogP contribution in [0.5, 0.6) is 0 Å². The van der Waals surface area contributed by atoms with Gasteiger partial charge in [-0.05, 0) is 35.9 Å². The van der Waals surface area contributed by atoms with E-state index in [1.54, 1.807) is 12.1 Å². The molecule has 1 N–H and O–H groups in total. The minimum absolute atomic E-state index is 0.0413. The molecule has 0 aliphatic heterocycles. The van der Waals surface area contributed by atoms with Crippen LogP contribution in [0.4, 0.5) is 10.1 Å². The lowest BCUT2D eigenvalue weighted by Crippen LogP contribution is -2.01. The fraction of sp³-hybridized carbons (Fsp3) is 0.0714. The van der Waals surface area contributed by atoms with Crippen molar-refractivity contribution < 1.29 is 4.39 Å². The Balaban J connectivity index is 2.15. The van der Waals surface area contributed by atoms with Crippen LogP contribution >= 0.6 is 27.5 Å². The summed E-state index contributed by atoms with van der Waals surface area (Å²) in [5.74, 6) is -0.508. The Morgan fingerprint density at radius 3 is 2.79 bits per heavy atom. The maximum Gasteiger partial charge on any atom is 0.140 e. The second-order valence-electron chi connectivity index (χ2n) is 3.90. The second-order valence-corrected chi connectivity index (χ2v) is 5.23. The molecule has 0 bridgehead atoms. The highest BCUT2D eigenvalue weighted by molar-refractivity contribution is 9.10. The average molecular weight is 340 g/mol. The fourth-order valence-electron chi connectivity index (χ4n) is 1.60. The van der Waals surface area contributed by atoms with E-state index in [0.717, 1.165) is 15.7 Å². The molecule has 0 heterocycles. The topological polar surface area (TPSA) is 35.8 Å². The van der Waals surface area contributed by atoms with Gasteiger partial charge in [0, 0.05) is 11.0 Å². The van der Waals surface area contributed by atoms with E-state index in [0.29, 0.717) is 11.6 Å². The van der Waals surface area contributed by atoms with Crippen molar-refractivity contribution in [2.45, 2.75) is 6.54 Å². The van der Waals surface area contributed by atoms with Crippen LogP contribution in [0.1, 0.15) is 11.1 Å². The van der Waals surface area contributed by atoms with Crippen molar-refractivity contribution in [1.29, 1.82) is 5.26 Å². The first-order chi connectivity index (χ1) is 9.10. The molecule has 0 spiro atoms. The average Bonchev–Trinajstić information content (AvgIpc) is 2.41. The van der Waals surface area contributed by atoms with E-state index in [4.69, 9.17) is 16.9 Å². The number of nitriles is 1. The third-order valence-electron chi connectivity index (χ3n) is 2.56. The summed E-state index contributed by atoms with van der Waals surface area (Å²) in [6, 6.07) is 11.7. The highest BCUT2D eigenvalue weighted by Crippen LogP contribution is 2.26. The fourth-order valence-corrected chi connectivity index (χ4v) is 2.14. The summed E-state index contributed by atoms with van der Waals surface area (Å²) in [5.41, 5.74) is 1.63. The molecule has 2 aromatic carbocycles. The monoisotopic (exact) mass is 338 g/mol. The van der Waals surface area contributed by atoms with Gasteiger partial charge in [0.2, 0.25) is 0 Å². The zero-order valence-electron chi connectivity index (χ0n) is 9.75. The number of nitrogens with one attached hydrogen (secondary N) is 1. The Bertz CT molecular complexity index is 652. The Morgan fingerprint density at radius 2 is 2.05 bits per heavy atom. The smallest absolute Gasteiger partial charge is 0.140 e. The Morgan fingerprint density at radius 1 is 1.26 bits per heavy atom. The number of nitrogens with zero attached hydrogens (tertiary/aromatic N) is 1. The molecule has 2 rings (SSSR count). The van der Waals surface area contributed by atoms with E-state index in [9.17, 15) is 4.39 Å². The summed E-state index contributed by atoms with van der Waals surface area (Å²) in [5, 5.41) is 12.5. The van der Waals surface area contributed by atoms with Crippen LogP contribution in [0.3, 0.4) is 0 Å². The second kappa shape index (κ2) is 6.05. The lowest BCUT2D eigenvalue weighted by atomic mass is 10.1. The molecule has 2 aromatic rings. The van der Waals surface area contributed by atoms with Gasteiger partial charge >= 0.3 is 0 Å². The number of rotatable bonds is 3. The first-order valence-corrected chi connectivity index (χ1v) is 6.64. The maximum atomic E-state index is 13.2. The minimum Gasteiger partial charge on any atom is -0.380 e. The van der Waals surface area contributed by atoms with Crippen LogP contribution in [0.25, 0.3) is 0 Å². The van der Waals surface area contributed by atoms with Crippen molar-refractivity contribution in [3.05, 3.63) is 62.8 Å². The minimum atomic E-state index is -0.508. The zero-order chi connectivity index (χ0) is 13.8. The lowest BCUT2D eigenvalue weighted by molar-refractivity contribution is 0.623. The van der Waals surface area contributed by atoms with Crippen molar-refractivity contribution in [2.75, 3.05) is 5.32 Å². The van der Waals surface area contributed by atoms with E-state index in [1.807, 2.05) is 18.2 Å². The van der Waals surface area contributed by atoms with Crippen LogP contribution < -0.4 is 5.32 Å². The first kappa shape index (κ1) is 13.9. The van der Waals surface area contributed by atoms with Crippen molar-refractivity contribution >= 4 is 33.2 Å². The summed E-state index contributed by atoms with van der Waals surface area (Å²) in [6.45, 7) is 0.463. The molecule has 0 unspecified atom stereocenters. The van der Waals surface area contributed by atoms with Gasteiger partial charge in [-0.1, -0.05) is 33.6 Å². The van der Waals surface area contributed by atoms with Crippen LogP contribution in [0.2, 0.25) is 5.02 Å². The number of benzene rings is 2. The molecule has 0 aliphatic carbocycles. The molecule has 0 atom stereocenters. The molecule has 0 aliphatic rings. The van der Waals surface area contributed by atoms with Crippen molar-refractivity contribution in [3.63, 3.8) is 0 Å². The Kier molecular flexibility index (Phi) is 4.41. The summed E-state index contributed by atoms with van der Waals surface area (Å²) < 4.78 is 14.1. The molecule has 96 valence electrons. The molecule has 0 aromatic heterocycles. The highest BCUT2D eigenvalue weighted by Gasteiger charge is 2.04. The lowest BCUT2D eigenvalue weighted by Gasteiger charge is -2.09. The van der Waals surface area contributed by atoms with Crippen LogP contribution in [-0.2, 0) is 6.54 Å². The molecule has 19 heavy (non-hydrogen) atoms. The van der Waals surface area contributed by atoms with Gasteiger partial charge in [-0.25, -0.2) is 4.39 Å². The number of hydrogen-bond acceptors (Lipinski definition) is 2. The quantitative estimate of drug-likeness (QED) is 0.878. The van der Waals surface area contributed by atoms with E-state index < -0.39 is 5.82 Å². The van der Waals surface area contributed by atoms with Crippen LogP contribution in [-0.4, -0.2) is 0 Å². The third-order valence-corrected chi connectivity index (χ3v) is 3.39.